The quantitative estimate of drug-likeness (QED) is 0.0245. The highest BCUT2D eigenvalue weighted by Crippen LogP contribution is 2.17. The van der Waals surface area contributed by atoms with Crippen LogP contribution in [0.2, 0.25) is 0 Å². The molecule has 0 aliphatic carbocycles. The van der Waals surface area contributed by atoms with Crippen molar-refractivity contribution in [3.63, 3.8) is 0 Å². The summed E-state index contributed by atoms with van der Waals surface area (Å²) in [6.07, 6.45) is 61.1. The van der Waals surface area contributed by atoms with Gasteiger partial charge in [0.25, 0.3) is 0 Å². The molecule has 0 bridgehead atoms. The number of unbranched alkanes of at least 4 members (excludes halogenated alkanes) is 25. The normalized spacial score (nSPS) is 13.9. The molecular weight excluding hydrogens is 755 g/mol. The number of hydrogen-bond donors (Lipinski definition) is 3. The molecule has 0 saturated heterocycles. The topological polar surface area (TPSA) is 95.9 Å². The monoisotopic (exact) mass is 852 g/mol. The second-order valence-electron chi connectivity index (χ2n) is 17.3. The highest BCUT2D eigenvalue weighted by atomic mass is 16.5. The Morgan fingerprint density at radius 3 is 1.39 bits per heavy atom. The second kappa shape index (κ2) is 48.3. The number of carbonyl (C=O) groups excluding carboxylic acids is 2. The molecule has 0 aromatic heterocycles. The highest BCUT2D eigenvalue weighted by Gasteiger charge is 2.24. The molecule has 3 unspecified atom stereocenters. The van der Waals surface area contributed by atoms with Crippen LogP contribution in [0, 0.1) is 0 Å². The number of aliphatic hydroxyl groups excluding tert-OH is 2. The van der Waals surface area contributed by atoms with Crippen LogP contribution in [0.3, 0.4) is 0 Å². The van der Waals surface area contributed by atoms with Gasteiger partial charge in [-0.15, -0.1) is 0 Å². The third kappa shape index (κ3) is 43.7. The van der Waals surface area contributed by atoms with Crippen LogP contribution >= 0.6 is 0 Å². The van der Waals surface area contributed by atoms with Crippen molar-refractivity contribution in [3.8, 4) is 0 Å². The van der Waals surface area contributed by atoms with E-state index in [1.165, 1.54) is 122 Å². The first kappa shape index (κ1) is 58.3. The maximum Gasteiger partial charge on any atom is 0.306 e. The number of allylic oxidation sites excluding steroid dienone is 12. The molecule has 0 heterocycles. The Bertz CT molecular complexity index is 1140. The lowest BCUT2D eigenvalue weighted by molar-refractivity contribution is -0.151. The summed E-state index contributed by atoms with van der Waals surface area (Å²) in [4.78, 5) is 26.1. The average Bonchev–Trinajstić information content (AvgIpc) is 3.25. The van der Waals surface area contributed by atoms with Gasteiger partial charge < -0.3 is 20.3 Å². The van der Waals surface area contributed by atoms with Gasteiger partial charge in [0.1, 0.15) is 6.10 Å². The molecule has 0 radical (unpaired) electrons. The number of amides is 1. The largest absolute Gasteiger partial charge is 0.462 e. The van der Waals surface area contributed by atoms with Crippen LogP contribution in [0.25, 0.3) is 0 Å². The molecule has 0 saturated carbocycles. The minimum absolute atomic E-state index is 0.0363. The predicted molar refractivity (Wildman–Crippen MR) is 264 cm³/mol. The van der Waals surface area contributed by atoms with E-state index in [2.05, 4.69) is 44.3 Å². The van der Waals surface area contributed by atoms with Gasteiger partial charge in [0.15, 0.2) is 0 Å². The lowest BCUT2D eigenvalue weighted by atomic mass is 10.0. The van der Waals surface area contributed by atoms with Crippen molar-refractivity contribution in [1.82, 2.24) is 5.32 Å². The van der Waals surface area contributed by atoms with E-state index in [9.17, 15) is 19.8 Å². The van der Waals surface area contributed by atoms with E-state index >= 15 is 0 Å². The Morgan fingerprint density at radius 1 is 0.492 bits per heavy atom. The van der Waals surface area contributed by atoms with E-state index in [0.29, 0.717) is 25.7 Å². The van der Waals surface area contributed by atoms with E-state index in [1.807, 2.05) is 54.7 Å². The van der Waals surface area contributed by atoms with E-state index in [-0.39, 0.29) is 24.9 Å². The lowest BCUT2D eigenvalue weighted by Gasteiger charge is -2.24. The summed E-state index contributed by atoms with van der Waals surface area (Å²) in [5, 5.41) is 23.8. The molecule has 1 amide bonds. The number of ether oxygens (including phenoxy) is 1. The van der Waals surface area contributed by atoms with Crippen LogP contribution in [0.5, 0.6) is 0 Å². The van der Waals surface area contributed by atoms with E-state index in [1.54, 1.807) is 0 Å². The fourth-order valence-corrected chi connectivity index (χ4v) is 7.51. The number of hydrogen-bond acceptors (Lipinski definition) is 5. The van der Waals surface area contributed by atoms with Gasteiger partial charge in [-0.1, -0.05) is 235 Å². The van der Waals surface area contributed by atoms with Gasteiger partial charge >= 0.3 is 5.97 Å². The number of aliphatic hydroxyl groups is 2. The molecule has 352 valence electrons. The third-order valence-corrected chi connectivity index (χ3v) is 11.4. The van der Waals surface area contributed by atoms with Gasteiger partial charge in [-0.25, -0.2) is 0 Å². The molecular formula is C55H97NO5. The zero-order valence-electron chi connectivity index (χ0n) is 40.0. The van der Waals surface area contributed by atoms with Gasteiger partial charge in [0.2, 0.25) is 5.91 Å². The fraction of sp³-hybridized carbons (Fsp3) is 0.745. The Hall–Kier alpha value is -2.70. The smallest absolute Gasteiger partial charge is 0.306 e. The summed E-state index contributed by atoms with van der Waals surface area (Å²) in [6.45, 7) is 6.32. The summed E-state index contributed by atoms with van der Waals surface area (Å²) in [7, 11) is 0. The van der Waals surface area contributed by atoms with Crippen molar-refractivity contribution in [3.05, 3.63) is 72.9 Å². The minimum Gasteiger partial charge on any atom is -0.462 e. The molecule has 0 spiro atoms. The summed E-state index contributed by atoms with van der Waals surface area (Å²) in [5.41, 5.74) is 0. The van der Waals surface area contributed by atoms with Crippen LogP contribution in [0.15, 0.2) is 72.9 Å². The molecule has 61 heavy (non-hydrogen) atoms. The molecule has 0 aliphatic heterocycles. The van der Waals surface area contributed by atoms with E-state index in [4.69, 9.17) is 4.74 Å². The molecule has 0 rings (SSSR count). The van der Waals surface area contributed by atoms with E-state index in [0.717, 1.165) is 64.2 Å². The van der Waals surface area contributed by atoms with Crippen molar-refractivity contribution >= 4 is 11.9 Å². The Balaban J connectivity index is 4.68. The molecule has 0 fully saturated rings. The van der Waals surface area contributed by atoms with Crippen LogP contribution < -0.4 is 5.32 Å². The fourth-order valence-electron chi connectivity index (χ4n) is 7.51. The Labute approximate surface area is 377 Å². The Kier molecular flexibility index (Phi) is 46.2. The highest BCUT2D eigenvalue weighted by molar-refractivity contribution is 5.77. The first-order chi connectivity index (χ1) is 30.0. The average molecular weight is 852 g/mol. The zero-order valence-corrected chi connectivity index (χ0v) is 40.0. The maximum absolute atomic E-state index is 13.2. The summed E-state index contributed by atoms with van der Waals surface area (Å²) in [6, 6.07) is -0.723. The number of nitrogens with one attached hydrogen (secondary N) is 1. The first-order valence-corrected chi connectivity index (χ1v) is 25.7. The molecule has 3 atom stereocenters. The van der Waals surface area contributed by atoms with Crippen LogP contribution in [0.1, 0.15) is 239 Å². The van der Waals surface area contributed by atoms with Gasteiger partial charge in [-0.3, -0.25) is 9.59 Å². The van der Waals surface area contributed by atoms with E-state index < -0.39 is 18.2 Å². The predicted octanol–water partition coefficient (Wildman–Crippen LogP) is 15.4. The molecule has 3 N–H and O–H groups in total. The van der Waals surface area contributed by atoms with Crippen molar-refractivity contribution in [2.45, 2.75) is 257 Å². The SMILES string of the molecule is CC/C=C/C=C/C=C\C=C/C=C/CCCC(=O)OC(CCCCC/C=C/CCCCCCCCC)CC(=O)NC(CO)C(O)CCCCCCCCCCCCCCCCC. The molecule has 0 aromatic carbocycles. The van der Waals surface area contributed by atoms with Crippen molar-refractivity contribution in [1.29, 1.82) is 0 Å². The van der Waals surface area contributed by atoms with Crippen LogP contribution in [-0.2, 0) is 14.3 Å². The molecule has 6 heteroatoms. The van der Waals surface area contributed by atoms with Crippen LogP contribution in [-0.4, -0.2) is 46.9 Å². The molecule has 0 aliphatic rings. The molecule has 0 aromatic rings. The molecule has 6 nitrogen and oxygen atoms in total. The summed E-state index contributed by atoms with van der Waals surface area (Å²) < 4.78 is 5.88. The standard InChI is InChI=1S/C55H97NO5/c1-4-7-10-13-16-19-22-25-27-30-32-35-38-41-44-47-53(58)52(50-57)56-54(59)49-51(46-43-40-37-34-31-29-26-23-20-17-14-11-8-5-2)61-55(60)48-45-42-39-36-33-28-24-21-18-15-12-9-6-3/h9,12,15,18,21,24,28-29,31,33,36,39,51-53,57-58H,4-8,10-11,13-14,16-17,19-20,22-23,25-27,30,32,34-35,37-38,40-50H2,1-3H3,(H,56,59)/b12-9+,18-15+,24-21-,31-29+,33-28-,39-36+. The Morgan fingerprint density at radius 2 is 0.902 bits per heavy atom. The van der Waals surface area contributed by atoms with Gasteiger partial charge in [-0.05, 0) is 64.2 Å². The van der Waals surface area contributed by atoms with Gasteiger partial charge in [-0.2, -0.15) is 0 Å². The number of carbonyl (C=O) groups is 2. The van der Waals surface area contributed by atoms with Crippen molar-refractivity contribution in [2.24, 2.45) is 0 Å². The first-order valence-electron chi connectivity index (χ1n) is 25.7. The van der Waals surface area contributed by atoms with Crippen molar-refractivity contribution < 1.29 is 24.5 Å². The van der Waals surface area contributed by atoms with Gasteiger partial charge in [0, 0.05) is 6.42 Å². The summed E-state index contributed by atoms with van der Waals surface area (Å²) >= 11 is 0. The summed E-state index contributed by atoms with van der Waals surface area (Å²) in [5.74, 6) is -0.578. The minimum atomic E-state index is -0.806. The number of rotatable bonds is 45. The van der Waals surface area contributed by atoms with Gasteiger partial charge in [0.05, 0.1) is 25.2 Å². The number of esters is 1. The third-order valence-electron chi connectivity index (χ3n) is 11.4. The van der Waals surface area contributed by atoms with Crippen molar-refractivity contribution in [2.75, 3.05) is 6.61 Å². The maximum atomic E-state index is 13.2. The second-order valence-corrected chi connectivity index (χ2v) is 17.3. The lowest BCUT2D eigenvalue weighted by Crippen LogP contribution is -2.46. The van der Waals surface area contributed by atoms with Crippen LogP contribution in [0.4, 0.5) is 0 Å². The zero-order chi connectivity index (χ0) is 44.5.